The van der Waals surface area contributed by atoms with Crippen molar-refractivity contribution >= 4 is 22.0 Å². The molecule has 0 spiro atoms. The second-order valence-corrected chi connectivity index (χ2v) is 6.64. The molecular formula is C15H22BrNO4. The quantitative estimate of drug-likeness (QED) is 0.818. The Morgan fingerprint density at radius 3 is 2.76 bits per heavy atom. The molecule has 0 radical (unpaired) electrons. The highest BCUT2D eigenvalue weighted by Crippen LogP contribution is 2.17. The Labute approximate surface area is 133 Å². The molecule has 1 aromatic rings. The summed E-state index contributed by atoms with van der Waals surface area (Å²) in [7, 11) is 0. The first-order valence-corrected chi connectivity index (χ1v) is 7.57. The van der Waals surface area contributed by atoms with Crippen molar-refractivity contribution in [3.05, 3.63) is 28.7 Å². The first-order valence-electron chi connectivity index (χ1n) is 6.77. The van der Waals surface area contributed by atoms with Gasteiger partial charge in [0, 0.05) is 16.4 Å². The van der Waals surface area contributed by atoms with Crippen LogP contribution < -0.4 is 10.1 Å². The van der Waals surface area contributed by atoms with Crippen molar-refractivity contribution in [2.75, 3.05) is 13.2 Å². The van der Waals surface area contributed by atoms with Crippen molar-refractivity contribution in [2.45, 2.75) is 38.8 Å². The third-order valence-corrected chi connectivity index (χ3v) is 2.89. The topological polar surface area (TPSA) is 67.8 Å². The molecule has 0 aliphatic carbocycles. The Morgan fingerprint density at radius 2 is 2.14 bits per heavy atom. The summed E-state index contributed by atoms with van der Waals surface area (Å²) in [6, 6.07) is 7.38. The number of halogens is 1. The van der Waals surface area contributed by atoms with Gasteiger partial charge in [0.1, 0.15) is 12.4 Å². The van der Waals surface area contributed by atoms with Gasteiger partial charge in [-0.15, -0.1) is 0 Å². The minimum Gasteiger partial charge on any atom is -0.491 e. The maximum atomic E-state index is 11.4. The Balaban J connectivity index is 2.19. The van der Waals surface area contributed by atoms with Crippen LogP contribution in [0.4, 0.5) is 4.79 Å². The van der Waals surface area contributed by atoms with E-state index in [-0.39, 0.29) is 18.8 Å². The summed E-state index contributed by atoms with van der Waals surface area (Å²) in [6.45, 7) is 5.91. The normalized spacial score (nSPS) is 12.6. The van der Waals surface area contributed by atoms with E-state index in [4.69, 9.17) is 9.47 Å². The fourth-order valence-corrected chi connectivity index (χ4v) is 1.84. The molecule has 21 heavy (non-hydrogen) atoms. The van der Waals surface area contributed by atoms with E-state index in [1.165, 1.54) is 0 Å². The number of carbonyl (C=O) groups excluding carboxylic acids is 1. The molecule has 2 N–H and O–H groups in total. The molecule has 118 valence electrons. The monoisotopic (exact) mass is 359 g/mol. The second-order valence-electron chi connectivity index (χ2n) is 5.72. The lowest BCUT2D eigenvalue weighted by atomic mass is 10.1. The summed E-state index contributed by atoms with van der Waals surface area (Å²) >= 11 is 3.34. The molecule has 0 fully saturated rings. The molecule has 0 heterocycles. The van der Waals surface area contributed by atoms with E-state index in [0.717, 1.165) is 4.47 Å². The lowest BCUT2D eigenvalue weighted by molar-refractivity contribution is 0.0706. The van der Waals surface area contributed by atoms with E-state index >= 15 is 0 Å². The Kier molecular flexibility index (Phi) is 6.98. The van der Waals surface area contributed by atoms with Gasteiger partial charge in [-0.3, -0.25) is 0 Å². The van der Waals surface area contributed by atoms with Gasteiger partial charge >= 0.3 is 6.09 Å². The highest BCUT2D eigenvalue weighted by molar-refractivity contribution is 9.10. The number of aliphatic hydroxyl groups excluding tert-OH is 1. The van der Waals surface area contributed by atoms with Gasteiger partial charge in [0.2, 0.25) is 0 Å². The Hall–Kier alpha value is -1.27. The molecule has 0 bridgehead atoms. The van der Waals surface area contributed by atoms with Gasteiger partial charge in [-0.25, -0.2) is 4.79 Å². The number of amides is 1. The number of ether oxygens (including phenoxy) is 2. The van der Waals surface area contributed by atoms with E-state index in [9.17, 15) is 9.90 Å². The van der Waals surface area contributed by atoms with Gasteiger partial charge < -0.3 is 19.9 Å². The standard InChI is InChI=1S/C15H22BrNO4/c1-15(2,3)17-14(19)20-8-7-12(18)10-21-13-6-4-5-11(16)9-13/h4-6,9,12,18H,7-8,10H2,1-3H3,(H,17,19)/t12-/m0/s1. The number of benzene rings is 1. The van der Waals surface area contributed by atoms with Crippen LogP contribution in [0, 0.1) is 0 Å². The SMILES string of the molecule is CC(C)(C)NC(=O)OCC[C@H](O)COc1cccc(Br)c1. The van der Waals surface area contributed by atoms with Gasteiger partial charge in [-0.1, -0.05) is 22.0 Å². The molecule has 0 aliphatic heterocycles. The van der Waals surface area contributed by atoms with Crippen molar-refractivity contribution < 1.29 is 19.4 Å². The van der Waals surface area contributed by atoms with Crippen LogP contribution >= 0.6 is 15.9 Å². The predicted molar refractivity (Wildman–Crippen MR) is 84.5 cm³/mol. The summed E-state index contributed by atoms with van der Waals surface area (Å²) in [5.41, 5.74) is -0.334. The zero-order valence-electron chi connectivity index (χ0n) is 12.6. The maximum Gasteiger partial charge on any atom is 0.407 e. The molecule has 6 heteroatoms. The molecular weight excluding hydrogens is 338 g/mol. The molecule has 1 atom stereocenters. The third kappa shape index (κ3) is 8.57. The fourth-order valence-electron chi connectivity index (χ4n) is 1.46. The van der Waals surface area contributed by atoms with Crippen LogP contribution in [0.25, 0.3) is 0 Å². The first-order chi connectivity index (χ1) is 9.76. The van der Waals surface area contributed by atoms with Crippen LogP contribution in [0.1, 0.15) is 27.2 Å². The average molecular weight is 360 g/mol. The number of carbonyl (C=O) groups is 1. The van der Waals surface area contributed by atoms with Crippen LogP contribution in [-0.2, 0) is 4.74 Å². The lowest BCUT2D eigenvalue weighted by Crippen LogP contribution is -2.41. The number of aliphatic hydroxyl groups is 1. The zero-order valence-corrected chi connectivity index (χ0v) is 14.1. The largest absolute Gasteiger partial charge is 0.491 e. The molecule has 0 aromatic heterocycles. The molecule has 0 unspecified atom stereocenters. The summed E-state index contributed by atoms with van der Waals surface area (Å²) < 4.78 is 11.4. The summed E-state index contributed by atoms with van der Waals surface area (Å²) in [5.74, 6) is 0.676. The molecule has 0 saturated heterocycles. The van der Waals surface area contributed by atoms with Crippen LogP contribution in [0.15, 0.2) is 28.7 Å². The molecule has 1 aromatic carbocycles. The minimum atomic E-state index is -0.689. The molecule has 1 rings (SSSR count). The van der Waals surface area contributed by atoms with Gasteiger partial charge in [0.15, 0.2) is 0 Å². The van der Waals surface area contributed by atoms with Crippen molar-refractivity contribution in [1.29, 1.82) is 0 Å². The van der Waals surface area contributed by atoms with E-state index in [0.29, 0.717) is 12.2 Å². The zero-order chi connectivity index (χ0) is 15.9. The number of alkyl carbamates (subject to hydrolysis) is 1. The third-order valence-electron chi connectivity index (χ3n) is 2.40. The highest BCUT2D eigenvalue weighted by atomic mass is 79.9. The van der Waals surface area contributed by atoms with Gasteiger partial charge in [0.05, 0.1) is 12.7 Å². The van der Waals surface area contributed by atoms with E-state index in [1.54, 1.807) is 0 Å². The first kappa shape index (κ1) is 17.8. The van der Waals surface area contributed by atoms with Crippen molar-refractivity contribution in [3.63, 3.8) is 0 Å². The van der Waals surface area contributed by atoms with Crippen LogP contribution in [0.3, 0.4) is 0 Å². The summed E-state index contributed by atoms with van der Waals surface area (Å²) in [4.78, 5) is 11.4. The van der Waals surface area contributed by atoms with Gasteiger partial charge in [0.25, 0.3) is 0 Å². The predicted octanol–water partition coefficient (Wildman–Crippen LogP) is 3.10. The lowest BCUT2D eigenvalue weighted by Gasteiger charge is -2.20. The van der Waals surface area contributed by atoms with E-state index in [1.807, 2.05) is 45.0 Å². The van der Waals surface area contributed by atoms with E-state index in [2.05, 4.69) is 21.2 Å². The van der Waals surface area contributed by atoms with Crippen molar-refractivity contribution in [1.82, 2.24) is 5.32 Å². The Morgan fingerprint density at radius 1 is 1.43 bits per heavy atom. The van der Waals surface area contributed by atoms with Crippen molar-refractivity contribution in [2.24, 2.45) is 0 Å². The molecule has 1 amide bonds. The molecule has 5 nitrogen and oxygen atoms in total. The number of hydrogen-bond acceptors (Lipinski definition) is 4. The van der Waals surface area contributed by atoms with Crippen LogP contribution in [-0.4, -0.2) is 36.1 Å². The van der Waals surface area contributed by atoms with Gasteiger partial charge in [-0.05, 0) is 39.0 Å². The number of rotatable bonds is 6. The summed E-state index contributed by atoms with van der Waals surface area (Å²) in [5, 5.41) is 12.5. The smallest absolute Gasteiger partial charge is 0.407 e. The minimum absolute atomic E-state index is 0.144. The number of nitrogens with one attached hydrogen (secondary N) is 1. The molecule has 0 saturated carbocycles. The maximum absolute atomic E-state index is 11.4. The highest BCUT2D eigenvalue weighted by Gasteiger charge is 2.15. The number of hydrogen-bond donors (Lipinski definition) is 2. The van der Waals surface area contributed by atoms with Crippen LogP contribution in [0.5, 0.6) is 5.75 Å². The van der Waals surface area contributed by atoms with Crippen LogP contribution in [0.2, 0.25) is 0 Å². The van der Waals surface area contributed by atoms with Crippen molar-refractivity contribution in [3.8, 4) is 5.75 Å². The second kappa shape index (κ2) is 8.24. The average Bonchev–Trinajstić information content (AvgIpc) is 2.34. The molecule has 0 aliphatic rings. The summed E-state index contributed by atoms with van der Waals surface area (Å²) in [6.07, 6.45) is -0.847. The fraction of sp³-hybridized carbons (Fsp3) is 0.533. The Bertz CT molecular complexity index is 459. The van der Waals surface area contributed by atoms with E-state index < -0.39 is 12.2 Å². The van der Waals surface area contributed by atoms with Gasteiger partial charge in [-0.2, -0.15) is 0 Å².